The Balaban J connectivity index is 1.65. The van der Waals surface area contributed by atoms with E-state index in [9.17, 15) is 4.79 Å². The lowest BCUT2D eigenvalue weighted by Gasteiger charge is -2.14. The number of carbonyl (C=O) groups is 1. The van der Waals surface area contributed by atoms with Crippen LogP contribution in [0.4, 0.5) is 0 Å². The summed E-state index contributed by atoms with van der Waals surface area (Å²) in [5.41, 5.74) is 2.75. The number of nitrogens with zero attached hydrogens (tertiary/aromatic N) is 2. The fourth-order valence-corrected chi connectivity index (χ4v) is 2.71. The molecule has 0 fully saturated rings. The van der Waals surface area contributed by atoms with Crippen molar-refractivity contribution in [1.29, 1.82) is 0 Å². The topological polar surface area (TPSA) is 59.0 Å². The number of hydrogen-bond acceptors (Lipinski definition) is 3. The molecule has 0 bridgehead atoms. The van der Waals surface area contributed by atoms with Gasteiger partial charge in [0.1, 0.15) is 0 Å². The maximum atomic E-state index is 12.2. The normalized spacial score (nSPS) is 14.5. The van der Waals surface area contributed by atoms with E-state index in [-0.39, 0.29) is 5.91 Å². The lowest BCUT2D eigenvalue weighted by atomic mass is 10.1. The first-order valence-electron chi connectivity index (χ1n) is 7.20. The van der Waals surface area contributed by atoms with Crippen LogP contribution in [0.3, 0.4) is 0 Å². The zero-order valence-electron chi connectivity index (χ0n) is 12.1. The number of hydrogen-bond donors (Lipinski definition) is 2. The molecule has 2 heterocycles. The van der Waals surface area contributed by atoms with E-state index in [1.54, 1.807) is 17.1 Å². The number of rotatable bonds is 4. The van der Waals surface area contributed by atoms with Gasteiger partial charge in [-0.3, -0.25) is 4.79 Å². The summed E-state index contributed by atoms with van der Waals surface area (Å²) in [7, 11) is 0. The molecule has 0 saturated carbocycles. The average Bonchev–Trinajstić information content (AvgIpc) is 3.04. The Morgan fingerprint density at radius 1 is 1.45 bits per heavy atom. The first-order valence-corrected chi connectivity index (χ1v) is 7.99. The summed E-state index contributed by atoms with van der Waals surface area (Å²) in [6.45, 7) is 2.46. The van der Waals surface area contributed by atoms with Crippen molar-refractivity contribution in [2.24, 2.45) is 0 Å². The quantitative estimate of drug-likeness (QED) is 0.822. The molecule has 2 aromatic rings. The smallest absolute Gasteiger partial charge is 0.254 e. The van der Waals surface area contributed by atoms with Crippen molar-refractivity contribution in [2.75, 3.05) is 19.6 Å². The van der Waals surface area contributed by atoms with Gasteiger partial charge in [0.15, 0.2) is 0 Å². The Kier molecular flexibility index (Phi) is 4.70. The molecular formula is C16H17BrN4O. The van der Waals surface area contributed by atoms with Crippen molar-refractivity contribution in [1.82, 2.24) is 20.4 Å². The van der Waals surface area contributed by atoms with Crippen LogP contribution in [0.25, 0.3) is 5.69 Å². The van der Waals surface area contributed by atoms with Gasteiger partial charge < -0.3 is 10.6 Å². The molecule has 1 aliphatic rings. The van der Waals surface area contributed by atoms with E-state index >= 15 is 0 Å². The molecule has 1 aromatic carbocycles. The minimum Gasteiger partial charge on any atom is -0.348 e. The summed E-state index contributed by atoms with van der Waals surface area (Å²) in [4.78, 5) is 12.2. The highest BCUT2D eigenvalue weighted by Crippen LogP contribution is 2.15. The molecule has 3 rings (SSSR count). The molecule has 0 saturated heterocycles. The number of halogens is 1. The maximum absolute atomic E-state index is 12.2. The summed E-state index contributed by atoms with van der Waals surface area (Å²) in [5.74, 6) is -0.0966. The van der Waals surface area contributed by atoms with Crippen molar-refractivity contribution < 1.29 is 4.79 Å². The standard InChI is InChI=1S/C16H17BrN4O/c17-14-2-1-3-15(8-14)21-11-13(10-20-21)16(22)19-9-12-4-6-18-7-5-12/h1-4,8,10-11,18H,5-7,9H2,(H,19,22). The van der Waals surface area contributed by atoms with Gasteiger partial charge >= 0.3 is 0 Å². The lowest BCUT2D eigenvalue weighted by Crippen LogP contribution is -2.29. The number of benzene rings is 1. The second kappa shape index (κ2) is 6.89. The van der Waals surface area contributed by atoms with Crippen LogP contribution in [-0.2, 0) is 0 Å². The molecule has 0 spiro atoms. The SMILES string of the molecule is O=C(NCC1=CCNCC1)c1cnn(-c2cccc(Br)c2)c1. The fourth-order valence-electron chi connectivity index (χ4n) is 2.33. The zero-order chi connectivity index (χ0) is 15.4. The molecule has 5 nitrogen and oxygen atoms in total. The van der Waals surface area contributed by atoms with E-state index < -0.39 is 0 Å². The molecule has 6 heteroatoms. The molecule has 0 unspecified atom stereocenters. The first kappa shape index (κ1) is 15.0. The van der Waals surface area contributed by atoms with Gasteiger partial charge in [0.2, 0.25) is 0 Å². The van der Waals surface area contributed by atoms with Gasteiger partial charge in [-0.05, 0) is 31.2 Å². The number of carbonyl (C=O) groups excluding carboxylic acids is 1. The summed E-state index contributed by atoms with van der Waals surface area (Å²) in [6.07, 6.45) is 6.45. The van der Waals surface area contributed by atoms with E-state index in [1.807, 2.05) is 24.3 Å². The van der Waals surface area contributed by atoms with Crippen LogP contribution in [-0.4, -0.2) is 35.3 Å². The van der Waals surface area contributed by atoms with Gasteiger partial charge in [-0.15, -0.1) is 0 Å². The van der Waals surface area contributed by atoms with Gasteiger partial charge in [-0.1, -0.05) is 33.6 Å². The molecule has 1 aliphatic heterocycles. The van der Waals surface area contributed by atoms with Crippen LogP contribution in [0.2, 0.25) is 0 Å². The zero-order valence-corrected chi connectivity index (χ0v) is 13.6. The van der Waals surface area contributed by atoms with Crippen LogP contribution in [0.5, 0.6) is 0 Å². The number of amides is 1. The molecule has 0 radical (unpaired) electrons. The molecule has 0 atom stereocenters. The minimum absolute atomic E-state index is 0.0966. The highest BCUT2D eigenvalue weighted by atomic mass is 79.9. The van der Waals surface area contributed by atoms with Crippen molar-refractivity contribution in [3.05, 3.63) is 58.3 Å². The van der Waals surface area contributed by atoms with Crippen molar-refractivity contribution in [3.63, 3.8) is 0 Å². The van der Waals surface area contributed by atoms with E-state index in [0.717, 1.165) is 29.7 Å². The third-order valence-electron chi connectivity index (χ3n) is 3.55. The molecule has 22 heavy (non-hydrogen) atoms. The predicted molar refractivity (Wildman–Crippen MR) is 89.2 cm³/mol. The maximum Gasteiger partial charge on any atom is 0.254 e. The van der Waals surface area contributed by atoms with Gasteiger partial charge in [0.05, 0.1) is 17.4 Å². The molecule has 1 amide bonds. The Morgan fingerprint density at radius 2 is 2.36 bits per heavy atom. The van der Waals surface area contributed by atoms with Gasteiger partial charge in [-0.2, -0.15) is 5.10 Å². The average molecular weight is 361 g/mol. The largest absolute Gasteiger partial charge is 0.348 e. The van der Waals surface area contributed by atoms with E-state index in [1.165, 1.54) is 5.57 Å². The molecule has 2 N–H and O–H groups in total. The predicted octanol–water partition coefficient (Wildman–Crippen LogP) is 2.28. The Bertz CT molecular complexity index is 708. The minimum atomic E-state index is -0.0966. The van der Waals surface area contributed by atoms with Crippen LogP contribution < -0.4 is 10.6 Å². The summed E-state index contributed by atoms with van der Waals surface area (Å²) >= 11 is 3.43. The van der Waals surface area contributed by atoms with Crippen LogP contribution in [0, 0.1) is 0 Å². The van der Waals surface area contributed by atoms with Gasteiger partial charge in [0.25, 0.3) is 5.91 Å². The van der Waals surface area contributed by atoms with Crippen molar-refractivity contribution in [3.8, 4) is 5.69 Å². The third kappa shape index (κ3) is 3.64. The fraction of sp³-hybridized carbons (Fsp3) is 0.250. The van der Waals surface area contributed by atoms with Gasteiger partial charge in [-0.25, -0.2) is 4.68 Å². The molecule has 1 aromatic heterocycles. The summed E-state index contributed by atoms with van der Waals surface area (Å²) in [6, 6.07) is 7.78. The number of aromatic nitrogens is 2. The van der Waals surface area contributed by atoms with E-state index in [0.29, 0.717) is 12.1 Å². The second-order valence-electron chi connectivity index (χ2n) is 5.15. The molecule has 0 aliphatic carbocycles. The Labute approximate surface area is 137 Å². The van der Waals surface area contributed by atoms with E-state index in [4.69, 9.17) is 0 Å². The Hall–Kier alpha value is -1.92. The Morgan fingerprint density at radius 3 is 3.14 bits per heavy atom. The van der Waals surface area contributed by atoms with Crippen LogP contribution >= 0.6 is 15.9 Å². The summed E-state index contributed by atoms with van der Waals surface area (Å²) < 4.78 is 2.67. The first-order chi connectivity index (χ1) is 10.7. The molecule has 114 valence electrons. The third-order valence-corrected chi connectivity index (χ3v) is 4.04. The molecular weight excluding hydrogens is 344 g/mol. The number of nitrogens with one attached hydrogen (secondary N) is 2. The van der Waals surface area contributed by atoms with E-state index in [2.05, 4.69) is 37.7 Å². The monoisotopic (exact) mass is 360 g/mol. The van der Waals surface area contributed by atoms with Crippen LogP contribution in [0.1, 0.15) is 16.8 Å². The summed E-state index contributed by atoms with van der Waals surface area (Å²) in [5, 5.41) is 10.5. The van der Waals surface area contributed by atoms with Crippen molar-refractivity contribution in [2.45, 2.75) is 6.42 Å². The van der Waals surface area contributed by atoms with Gasteiger partial charge in [0, 0.05) is 23.8 Å². The highest BCUT2D eigenvalue weighted by molar-refractivity contribution is 9.10. The lowest BCUT2D eigenvalue weighted by molar-refractivity contribution is 0.0956. The van der Waals surface area contributed by atoms with Crippen LogP contribution in [0.15, 0.2) is 52.8 Å². The second-order valence-corrected chi connectivity index (χ2v) is 6.07. The highest BCUT2D eigenvalue weighted by Gasteiger charge is 2.11. The van der Waals surface area contributed by atoms with Crippen molar-refractivity contribution >= 4 is 21.8 Å².